The standard InChI is InChI=1S/C18H20N2O5/c1-10(2)14-8-9-25-15(14)17(22)20-13-6-4-12(5-7-13)16(21)19-11(3)18(23)24/h4-11H,1-3H3,(H,19,21)(H,20,22)(H,23,24)/t11-/m0/s1. The Balaban J connectivity index is 2.05. The van der Waals surface area contributed by atoms with Gasteiger partial charge in [-0.25, -0.2) is 0 Å². The van der Waals surface area contributed by atoms with E-state index >= 15 is 0 Å². The monoisotopic (exact) mass is 344 g/mol. The van der Waals surface area contributed by atoms with E-state index in [1.54, 1.807) is 18.2 Å². The van der Waals surface area contributed by atoms with Crippen LogP contribution in [0.3, 0.4) is 0 Å². The summed E-state index contributed by atoms with van der Waals surface area (Å²) in [4.78, 5) is 35.0. The molecule has 1 heterocycles. The van der Waals surface area contributed by atoms with Crippen molar-refractivity contribution in [2.75, 3.05) is 5.32 Å². The summed E-state index contributed by atoms with van der Waals surface area (Å²) in [6.07, 6.45) is 1.47. The lowest BCUT2D eigenvalue weighted by Crippen LogP contribution is -2.38. The van der Waals surface area contributed by atoms with Crippen LogP contribution in [0.25, 0.3) is 0 Å². The Bertz CT molecular complexity index is 777. The smallest absolute Gasteiger partial charge is 0.325 e. The van der Waals surface area contributed by atoms with Crippen molar-refractivity contribution in [1.82, 2.24) is 5.32 Å². The molecule has 2 aromatic rings. The Morgan fingerprint density at radius 2 is 1.64 bits per heavy atom. The number of carboxylic acids is 1. The van der Waals surface area contributed by atoms with Gasteiger partial charge in [0.15, 0.2) is 5.76 Å². The summed E-state index contributed by atoms with van der Waals surface area (Å²) in [5.74, 6) is -1.57. The third-order valence-corrected chi connectivity index (χ3v) is 3.65. The molecule has 7 nitrogen and oxygen atoms in total. The molecule has 2 rings (SSSR count). The number of carbonyl (C=O) groups is 3. The number of furan rings is 1. The lowest BCUT2D eigenvalue weighted by atomic mass is 10.0. The van der Waals surface area contributed by atoms with E-state index in [4.69, 9.17) is 9.52 Å². The Labute approximate surface area is 145 Å². The Kier molecular flexibility index (Phi) is 5.59. The van der Waals surface area contributed by atoms with Gasteiger partial charge in [-0.2, -0.15) is 0 Å². The molecule has 0 fully saturated rings. The first-order chi connectivity index (χ1) is 11.8. The summed E-state index contributed by atoms with van der Waals surface area (Å²) < 4.78 is 5.26. The minimum absolute atomic E-state index is 0.154. The lowest BCUT2D eigenvalue weighted by Gasteiger charge is -2.10. The summed E-state index contributed by atoms with van der Waals surface area (Å²) in [6.45, 7) is 5.31. The molecule has 132 valence electrons. The van der Waals surface area contributed by atoms with E-state index in [1.807, 2.05) is 13.8 Å². The topological polar surface area (TPSA) is 109 Å². The van der Waals surface area contributed by atoms with Gasteiger partial charge in [0.1, 0.15) is 6.04 Å². The van der Waals surface area contributed by atoms with E-state index in [2.05, 4.69) is 10.6 Å². The summed E-state index contributed by atoms with van der Waals surface area (Å²) in [5, 5.41) is 13.9. The normalized spacial score (nSPS) is 11.8. The molecule has 3 N–H and O–H groups in total. The van der Waals surface area contributed by atoms with E-state index in [9.17, 15) is 14.4 Å². The summed E-state index contributed by atoms with van der Waals surface area (Å²) in [5.41, 5.74) is 1.61. The van der Waals surface area contributed by atoms with Gasteiger partial charge in [0.2, 0.25) is 0 Å². The molecule has 7 heteroatoms. The van der Waals surface area contributed by atoms with Crippen LogP contribution < -0.4 is 10.6 Å². The Morgan fingerprint density at radius 3 is 2.20 bits per heavy atom. The van der Waals surface area contributed by atoms with E-state index < -0.39 is 17.9 Å². The van der Waals surface area contributed by atoms with Crippen molar-refractivity contribution in [3.63, 3.8) is 0 Å². The van der Waals surface area contributed by atoms with Crippen molar-refractivity contribution in [2.45, 2.75) is 32.7 Å². The van der Waals surface area contributed by atoms with Crippen LogP contribution in [-0.2, 0) is 4.79 Å². The number of nitrogens with one attached hydrogen (secondary N) is 2. The summed E-state index contributed by atoms with van der Waals surface area (Å²) in [6, 6.07) is 6.92. The van der Waals surface area contributed by atoms with Crippen LogP contribution in [-0.4, -0.2) is 28.9 Å². The van der Waals surface area contributed by atoms with Crippen molar-refractivity contribution >= 4 is 23.5 Å². The number of aliphatic carboxylic acids is 1. The van der Waals surface area contributed by atoms with Gasteiger partial charge in [0.05, 0.1) is 6.26 Å². The molecule has 0 saturated carbocycles. The zero-order chi connectivity index (χ0) is 18.6. The van der Waals surface area contributed by atoms with Gasteiger partial charge < -0.3 is 20.2 Å². The number of anilines is 1. The molecule has 0 spiro atoms. The number of rotatable bonds is 6. The van der Waals surface area contributed by atoms with Crippen molar-refractivity contribution in [3.8, 4) is 0 Å². The summed E-state index contributed by atoms with van der Waals surface area (Å²) >= 11 is 0. The molecule has 0 aliphatic rings. The van der Waals surface area contributed by atoms with Crippen molar-refractivity contribution in [3.05, 3.63) is 53.5 Å². The van der Waals surface area contributed by atoms with Gasteiger partial charge >= 0.3 is 5.97 Å². The second kappa shape index (κ2) is 7.65. The van der Waals surface area contributed by atoms with Crippen LogP contribution >= 0.6 is 0 Å². The highest BCUT2D eigenvalue weighted by molar-refractivity contribution is 6.03. The van der Waals surface area contributed by atoms with Crippen molar-refractivity contribution < 1.29 is 23.9 Å². The van der Waals surface area contributed by atoms with E-state index in [-0.39, 0.29) is 17.6 Å². The van der Waals surface area contributed by atoms with Gasteiger partial charge in [-0.15, -0.1) is 0 Å². The van der Waals surface area contributed by atoms with Gasteiger partial charge in [-0.05, 0) is 43.2 Å². The third kappa shape index (κ3) is 4.47. The number of carboxylic acid groups (broad SMARTS) is 1. The third-order valence-electron chi connectivity index (χ3n) is 3.65. The largest absolute Gasteiger partial charge is 0.480 e. The average molecular weight is 344 g/mol. The SMILES string of the molecule is CC(C)c1ccoc1C(=O)Nc1ccc(C(=O)N[C@@H](C)C(=O)O)cc1. The van der Waals surface area contributed by atoms with E-state index in [1.165, 1.54) is 25.3 Å². The number of hydrogen-bond acceptors (Lipinski definition) is 4. The maximum Gasteiger partial charge on any atom is 0.325 e. The molecule has 1 aromatic heterocycles. The quantitative estimate of drug-likeness (QED) is 0.746. The van der Waals surface area contributed by atoms with Crippen LogP contribution in [0.4, 0.5) is 5.69 Å². The highest BCUT2D eigenvalue weighted by atomic mass is 16.4. The molecule has 0 radical (unpaired) electrons. The van der Waals surface area contributed by atoms with Crippen LogP contribution in [0, 0.1) is 0 Å². The number of carbonyl (C=O) groups excluding carboxylic acids is 2. The predicted octanol–water partition coefficient (Wildman–Crippen LogP) is 2.86. The van der Waals surface area contributed by atoms with Gasteiger partial charge in [-0.1, -0.05) is 13.8 Å². The fourth-order valence-corrected chi connectivity index (χ4v) is 2.19. The molecule has 0 aliphatic heterocycles. The molecule has 0 aliphatic carbocycles. The van der Waals surface area contributed by atoms with Crippen molar-refractivity contribution in [2.24, 2.45) is 0 Å². The fraction of sp³-hybridized carbons (Fsp3) is 0.278. The minimum Gasteiger partial charge on any atom is -0.480 e. The molecule has 0 saturated heterocycles. The molecule has 0 bridgehead atoms. The number of hydrogen-bond donors (Lipinski definition) is 3. The molecule has 0 unspecified atom stereocenters. The molecular weight excluding hydrogens is 324 g/mol. The molecule has 1 aromatic carbocycles. The van der Waals surface area contributed by atoms with Crippen LogP contribution in [0.1, 0.15) is 53.2 Å². The van der Waals surface area contributed by atoms with Crippen LogP contribution in [0.2, 0.25) is 0 Å². The van der Waals surface area contributed by atoms with Gasteiger partial charge in [0.25, 0.3) is 11.8 Å². The zero-order valence-corrected chi connectivity index (χ0v) is 14.2. The highest BCUT2D eigenvalue weighted by Crippen LogP contribution is 2.21. The maximum absolute atomic E-state index is 12.3. The molecule has 2 amide bonds. The summed E-state index contributed by atoms with van der Waals surface area (Å²) in [7, 11) is 0. The molecular formula is C18H20N2O5. The predicted molar refractivity (Wildman–Crippen MR) is 91.8 cm³/mol. The first kappa shape index (κ1) is 18.3. The van der Waals surface area contributed by atoms with E-state index in [0.29, 0.717) is 11.3 Å². The van der Waals surface area contributed by atoms with Gasteiger partial charge in [0, 0.05) is 16.8 Å². The van der Waals surface area contributed by atoms with Crippen molar-refractivity contribution in [1.29, 1.82) is 0 Å². The average Bonchev–Trinajstić information content (AvgIpc) is 3.05. The second-order valence-corrected chi connectivity index (χ2v) is 5.92. The van der Waals surface area contributed by atoms with E-state index in [0.717, 1.165) is 5.56 Å². The Hall–Kier alpha value is -3.09. The fourth-order valence-electron chi connectivity index (χ4n) is 2.19. The maximum atomic E-state index is 12.3. The zero-order valence-electron chi connectivity index (χ0n) is 14.2. The highest BCUT2D eigenvalue weighted by Gasteiger charge is 2.18. The second-order valence-electron chi connectivity index (χ2n) is 5.92. The number of amides is 2. The van der Waals surface area contributed by atoms with Crippen LogP contribution in [0.15, 0.2) is 41.0 Å². The van der Waals surface area contributed by atoms with Crippen LogP contribution in [0.5, 0.6) is 0 Å². The number of benzene rings is 1. The first-order valence-corrected chi connectivity index (χ1v) is 7.82. The van der Waals surface area contributed by atoms with Gasteiger partial charge in [-0.3, -0.25) is 14.4 Å². The minimum atomic E-state index is -1.11. The lowest BCUT2D eigenvalue weighted by molar-refractivity contribution is -0.138. The Morgan fingerprint density at radius 1 is 1.00 bits per heavy atom. The first-order valence-electron chi connectivity index (χ1n) is 7.82. The molecule has 1 atom stereocenters. The molecule has 25 heavy (non-hydrogen) atoms.